The molecule has 27 heavy (non-hydrogen) atoms. The van der Waals surface area contributed by atoms with Crippen molar-refractivity contribution in [1.29, 1.82) is 0 Å². The number of nitrogens with one attached hydrogen (secondary N) is 2. The zero-order valence-electron chi connectivity index (χ0n) is 15.1. The van der Waals surface area contributed by atoms with Gasteiger partial charge in [0, 0.05) is 23.2 Å². The van der Waals surface area contributed by atoms with Crippen molar-refractivity contribution in [2.24, 2.45) is 0 Å². The molecular formula is C24H22N2O. The maximum Gasteiger partial charge on any atom is 0.268 e. The third kappa shape index (κ3) is 2.80. The number of benzene rings is 2. The molecular weight excluding hydrogens is 332 g/mol. The molecule has 0 aliphatic heterocycles. The molecule has 0 atom stereocenters. The van der Waals surface area contributed by atoms with Crippen LogP contribution in [0.15, 0.2) is 72.9 Å². The Hall–Kier alpha value is -3.07. The number of aromatic amines is 1. The minimum atomic E-state index is -0.220. The van der Waals surface area contributed by atoms with E-state index in [0.29, 0.717) is 11.7 Å². The lowest BCUT2D eigenvalue weighted by Gasteiger charge is -2.35. The zero-order chi connectivity index (χ0) is 18.3. The highest BCUT2D eigenvalue weighted by Gasteiger charge is 2.36. The standard InChI is InChI=1S/C24H22N2O/c27-23(26-20-11-12-20)22-21-13-14-24(15-17(21)16-25-22,18-7-3-1-4-8-18)19-9-5-2-6-10-19/h1-10,13-14,16,20,25H,11-12,15H2,(H,26,27). The molecule has 5 rings (SSSR count). The SMILES string of the molecule is O=C(NC1CC1)c1[nH]cc2c1C=CC(c1ccccc1)(c1ccccc1)C2. The highest BCUT2D eigenvalue weighted by molar-refractivity contribution is 5.97. The van der Waals surface area contributed by atoms with Gasteiger partial charge in [0.25, 0.3) is 5.91 Å². The maximum atomic E-state index is 12.6. The van der Waals surface area contributed by atoms with Crippen LogP contribution in [0.3, 0.4) is 0 Å². The van der Waals surface area contributed by atoms with E-state index in [1.54, 1.807) is 0 Å². The van der Waals surface area contributed by atoms with Gasteiger partial charge in [-0.25, -0.2) is 0 Å². The summed E-state index contributed by atoms with van der Waals surface area (Å²) < 4.78 is 0. The van der Waals surface area contributed by atoms with Crippen molar-refractivity contribution < 1.29 is 4.79 Å². The zero-order valence-corrected chi connectivity index (χ0v) is 15.1. The molecule has 0 saturated heterocycles. The monoisotopic (exact) mass is 354 g/mol. The number of hydrogen-bond acceptors (Lipinski definition) is 1. The second kappa shape index (κ2) is 6.27. The van der Waals surface area contributed by atoms with E-state index in [2.05, 4.69) is 83.1 Å². The Labute approximate surface area is 159 Å². The van der Waals surface area contributed by atoms with E-state index < -0.39 is 0 Å². The summed E-state index contributed by atoms with van der Waals surface area (Å²) in [6.07, 6.45) is 9.41. The molecule has 3 heteroatoms. The molecule has 1 fully saturated rings. The maximum absolute atomic E-state index is 12.6. The summed E-state index contributed by atoms with van der Waals surface area (Å²) in [4.78, 5) is 15.8. The van der Waals surface area contributed by atoms with Crippen molar-refractivity contribution in [2.45, 2.75) is 30.7 Å². The first-order chi connectivity index (χ1) is 13.3. The second-order valence-electron chi connectivity index (χ2n) is 7.56. The lowest BCUT2D eigenvalue weighted by atomic mass is 9.68. The largest absolute Gasteiger partial charge is 0.356 e. The molecule has 0 bridgehead atoms. The van der Waals surface area contributed by atoms with E-state index in [4.69, 9.17) is 0 Å². The van der Waals surface area contributed by atoms with Crippen molar-refractivity contribution in [3.8, 4) is 0 Å². The van der Waals surface area contributed by atoms with Crippen molar-refractivity contribution in [2.75, 3.05) is 0 Å². The van der Waals surface area contributed by atoms with E-state index in [0.717, 1.165) is 24.8 Å². The lowest BCUT2D eigenvalue weighted by molar-refractivity contribution is 0.0946. The van der Waals surface area contributed by atoms with Crippen LogP contribution in [0.1, 0.15) is 45.6 Å². The quantitative estimate of drug-likeness (QED) is 0.714. The summed E-state index contributed by atoms with van der Waals surface area (Å²) in [6.45, 7) is 0. The Bertz CT molecular complexity index is 958. The number of aromatic nitrogens is 1. The smallest absolute Gasteiger partial charge is 0.268 e. The molecule has 2 aliphatic rings. The Kier molecular flexibility index (Phi) is 3.75. The molecule has 3 nitrogen and oxygen atoms in total. The van der Waals surface area contributed by atoms with Crippen molar-refractivity contribution in [3.05, 3.63) is 101 Å². The van der Waals surface area contributed by atoms with Crippen molar-refractivity contribution in [1.82, 2.24) is 10.3 Å². The normalized spacial score (nSPS) is 17.3. The minimum absolute atomic E-state index is 0.00956. The van der Waals surface area contributed by atoms with Crippen LogP contribution in [-0.4, -0.2) is 16.9 Å². The van der Waals surface area contributed by atoms with Crippen LogP contribution in [-0.2, 0) is 11.8 Å². The van der Waals surface area contributed by atoms with Gasteiger partial charge < -0.3 is 10.3 Å². The summed E-state index contributed by atoms with van der Waals surface area (Å²) in [5.74, 6) is 0.00956. The number of hydrogen-bond donors (Lipinski definition) is 2. The first kappa shape index (κ1) is 16.1. The van der Waals surface area contributed by atoms with Crippen molar-refractivity contribution in [3.63, 3.8) is 0 Å². The second-order valence-corrected chi connectivity index (χ2v) is 7.56. The van der Waals surface area contributed by atoms with Gasteiger partial charge in [-0.3, -0.25) is 4.79 Å². The molecule has 0 spiro atoms. The van der Waals surface area contributed by atoms with Gasteiger partial charge in [-0.15, -0.1) is 0 Å². The van der Waals surface area contributed by atoms with Crippen LogP contribution in [0.4, 0.5) is 0 Å². The van der Waals surface area contributed by atoms with Gasteiger partial charge in [0.2, 0.25) is 0 Å². The Morgan fingerprint density at radius 2 is 1.59 bits per heavy atom. The molecule has 2 aliphatic carbocycles. The van der Waals surface area contributed by atoms with Gasteiger partial charge in [-0.1, -0.05) is 72.8 Å². The summed E-state index contributed by atoms with van der Waals surface area (Å²) in [5.41, 5.74) is 5.21. The molecule has 2 N–H and O–H groups in total. The van der Waals surface area contributed by atoms with Crippen LogP contribution in [0.2, 0.25) is 0 Å². The number of carbonyl (C=O) groups excluding carboxylic acids is 1. The summed E-state index contributed by atoms with van der Waals surface area (Å²) in [5, 5.41) is 3.09. The summed E-state index contributed by atoms with van der Waals surface area (Å²) in [7, 11) is 0. The Balaban J connectivity index is 1.58. The van der Waals surface area contributed by atoms with Crippen LogP contribution in [0, 0.1) is 0 Å². The molecule has 3 aromatic rings. The third-order valence-corrected chi connectivity index (χ3v) is 5.73. The first-order valence-corrected chi connectivity index (χ1v) is 9.58. The number of fused-ring (bicyclic) bond motifs is 1. The molecule has 1 heterocycles. The molecule has 0 radical (unpaired) electrons. The molecule has 1 saturated carbocycles. The predicted octanol–water partition coefficient (Wildman–Crippen LogP) is 4.46. The van der Waals surface area contributed by atoms with E-state index in [-0.39, 0.29) is 11.3 Å². The lowest BCUT2D eigenvalue weighted by Crippen LogP contribution is -2.31. The van der Waals surface area contributed by atoms with Gasteiger partial charge in [0.1, 0.15) is 5.69 Å². The fourth-order valence-corrected chi connectivity index (χ4v) is 4.10. The van der Waals surface area contributed by atoms with Crippen LogP contribution in [0.5, 0.6) is 0 Å². The molecule has 2 aromatic carbocycles. The van der Waals surface area contributed by atoms with E-state index in [1.807, 2.05) is 6.20 Å². The van der Waals surface area contributed by atoms with Crippen LogP contribution < -0.4 is 5.32 Å². The number of amides is 1. The third-order valence-electron chi connectivity index (χ3n) is 5.73. The van der Waals surface area contributed by atoms with E-state index in [9.17, 15) is 4.79 Å². The molecule has 134 valence electrons. The predicted molar refractivity (Wildman–Crippen MR) is 108 cm³/mol. The van der Waals surface area contributed by atoms with Gasteiger partial charge in [-0.2, -0.15) is 0 Å². The Morgan fingerprint density at radius 1 is 0.963 bits per heavy atom. The minimum Gasteiger partial charge on any atom is -0.356 e. The highest BCUT2D eigenvalue weighted by atomic mass is 16.2. The summed E-state index contributed by atoms with van der Waals surface area (Å²) in [6, 6.07) is 21.6. The fourth-order valence-electron chi connectivity index (χ4n) is 4.10. The number of H-pyrrole nitrogens is 1. The highest BCUT2D eigenvalue weighted by Crippen LogP contribution is 2.42. The molecule has 1 aromatic heterocycles. The average molecular weight is 354 g/mol. The fraction of sp³-hybridized carbons (Fsp3) is 0.208. The molecule has 0 unspecified atom stereocenters. The van der Waals surface area contributed by atoms with Gasteiger partial charge >= 0.3 is 0 Å². The Morgan fingerprint density at radius 3 is 2.19 bits per heavy atom. The number of rotatable bonds is 4. The average Bonchev–Trinajstić information content (AvgIpc) is 3.44. The van der Waals surface area contributed by atoms with Crippen LogP contribution >= 0.6 is 0 Å². The van der Waals surface area contributed by atoms with Crippen molar-refractivity contribution >= 4 is 12.0 Å². The van der Waals surface area contributed by atoms with Gasteiger partial charge in [-0.05, 0) is 36.0 Å². The van der Waals surface area contributed by atoms with Crippen LogP contribution in [0.25, 0.3) is 6.08 Å². The summed E-state index contributed by atoms with van der Waals surface area (Å²) >= 11 is 0. The van der Waals surface area contributed by atoms with Gasteiger partial charge in [0.15, 0.2) is 0 Å². The number of allylic oxidation sites excluding steroid dienone is 1. The number of carbonyl (C=O) groups is 1. The molecule has 1 amide bonds. The first-order valence-electron chi connectivity index (χ1n) is 9.58. The topological polar surface area (TPSA) is 44.9 Å². The van der Waals surface area contributed by atoms with Gasteiger partial charge in [0.05, 0.1) is 0 Å². The van der Waals surface area contributed by atoms with E-state index >= 15 is 0 Å². The van der Waals surface area contributed by atoms with E-state index in [1.165, 1.54) is 16.7 Å².